The average Bonchev–Trinajstić information content (AvgIpc) is 2.21. The molecule has 1 aromatic carbocycles. The molecule has 0 bridgehead atoms. The second-order valence-electron chi connectivity index (χ2n) is 3.68. The number of amides is 1. The van der Waals surface area contributed by atoms with E-state index >= 15 is 0 Å². The van der Waals surface area contributed by atoms with Crippen molar-refractivity contribution in [3.05, 3.63) is 23.8 Å². The van der Waals surface area contributed by atoms with Gasteiger partial charge in [0.2, 0.25) is 5.91 Å². The van der Waals surface area contributed by atoms with Crippen LogP contribution in [0.2, 0.25) is 0 Å². The first-order valence-electron chi connectivity index (χ1n) is 4.72. The van der Waals surface area contributed by atoms with E-state index in [4.69, 9.17) is 0 Å². The predicted octanol–water partition coefficient (Wildman–Crippen LogP) is 2.82. The lowest BCUT2D eigenvalue weighted by Gasteiger charge is -2.07. The molecule has 1 N–H and O–H groups in total. The Kier molecular flexibility index (Phi) is 2.50. The molecule has 2 nitrogen and oxygen atoms in total. The van der Waals surface area contributed by atoms with E-state index in [1.165, 1.54) is 10.5 Å². The maximum atomic E-state index is 11.4. The zero-order valence-corrected chi connectivity index (χ0v) is 9.15. The van der Waals surface area contributed by atoms with Crippen LogP contribution in [0.3, 0.4) is 0 Å². The quantitative estimate of drug-likeness (QED) is 0.708. The third kappa shape index (κ3) is 1.93. The topological polar surface area (TPSA) is 29.1 Å². The number of fused-ring (bicyclic) bond motifs is 1. The second kappa shape index (κ2) is 3.65. The van der Waals surface area contributed by atoms with Crippen LogP contribution in [0.15, 0.2) is 23.1 Å². The Morgan fingerprint density at radius 1 is 1.50 bits per heavy atom. The molecule has 0 saturated heterocycles. The van der Waals surface area contributed by atoms with Crippen LogP contribution in [0, 0.1) is 6.92 Å². The molecule has 0 spiro atoms. The predicted molar refractivity (Wildman–Crippen MR) is 59.7 cm³/mol. The van der Waals surface area contributed by atoms with E-state index in [9.17, 15) is 4.79 Å². The van der Waals surface area contributed by atoms with Gasteiger partial charge in [0, 0.05) is 16.6 Å². The molecule has 1 aliphatic rings. The van der Waals surface area contributed by atoms with E-state index in [0.29, 0.717) is 11.7 Å². The number of hydrogen-bond acceptors (Lipinski definition) is 2. The summed E-state index contributed by atoms with van der Waals surface area (Å²) in [5, 5.41) is 3.28. The lowest BCUT2D eigenvalue weighted by molar-refractivity contribution is -0.116. The van der Waals surface area contributed by atoms with E-state index in [-0.39, 0.29) is 5.91 Å². The van der Waals surface area contributed by atoms with Gasteiger partial charge in [0.05, 0.1) is 5.69 Å². The van der Waals surface area contributed by atoms with Crippen LogP contribution in [-0.4, -0.2) is 11.2 Å². The van der Waals surface area contributed by atoms with Gasteiger partial charge in [-0.3, -0.25) is 4.79 Å². The Balaban J connectivity index is 2.41. The lowest BCUT2D eigenvalue weighted by Crippen LogP contribution is -2.13. The maximum Gasteiger partial charge on any atom is 0.225 e. The smallest absolute Gasteiger partial charge is 0.225 e. The van der Waals surface area contributed by atoms with E-state index < -0.39 is 0 Å². The first-order chi connectivity index (χ1) is 6.65. The van der Waals surface area contributed by atoms with Gasteiger partial charge in [-0.1, -0.05) is 13.0 Å². The standard InChI is InChI=1S/C11H13NOS/c1-7-3-4-9-10(5-7)14-8(2)6-11(13)12-9/h3-5,8H,6H2,1-2H3,(H,12,13)/t8-/m0/s1. The fourth-order valence-corrected chi connectivity index (χ4v) is 2.72. The number of anilines is 1. The van der Waals surface area contributed by atoms with Gasteiger partial charge in [0.1, 0.15) is 0 Å². The number of thioether (sulfide) groups is 1. The normalized spacial score (nSPS) is 21.0. The second-order valence-corrected chi connectivity index (χ2v) is 5.16. The average molecular weight is 207 g/mol. The number of benzene rings is 1. The largest absolute Gasteiger partial charge is 0.325 e. The van der Waals surface area contributed by atoms with E-state index in [2.05, 4.69) is 25.2 Å². The number of aryl methyl sites for hydroxylation is 1. The molecule has 0 aromatic heterocycles. The third-order valence-electron chi connectivity index (χ3n) is 2.21. The number of hydrogen-bond donors (Lipinski definition) is 1. The summed E-state index contributed by atoms with van der Waals surface area (Å²) in [7, 11) is 0. The molecule has 1 aromatic rings. The van der Waals surface area contributed by atoms with Gasteiger partial charge in [0.25, 0.3) is 0 Å². The Morgan fingerprint density at radius 3 is 3.07 bits per heavy atom. The summed E-state index contributed by atoms with van der Waals surface area (Å²) in [6, 6.07) is 6.13. The Hall–Kier alpha value is -0.960. The van der Waals surface area contributed by atoms with Crippen molar-refractivity contribution in [3.63, 3.8) is 0 Å². The maximum absolute atomic E-state index is 11.4. The van der Waals surface area contributed by atoms with Crippen molar-refractivity contribution in [2.24, 2.45) is 0 Å². The van der Waals surface area contributed by atoms with E-state index in [1.54, 1.807) is 11.8 Å². The molecule has 74 valence electrons. The summed E-state index contributed by atoms with van der Waals surface area (Å²) in [6.07, 6.45) is 0.596. The minimum Gasteiger partial charge on any atom is -0.325 e. The van der Waals surface area contributed by atoms with Gasteiger partial charge >= 0.3 is 0 Å². The molecule has 1 aliphatic heterocycles. The van der Waals surface area contributed by atoms with Crippen molar-refractivity contribution >= 4 is 23.4 Å². The molecular formula is C11H13NOS. The molecule has 0 unspecified atom stereocenters. The molecule has 3 heteroatoms. The van der Waals surface area contributed by atoms with Crippen molar-refractivity contribution in [2.75, 3.05) is 5.32 Å². The molecule has 2 rings (SSSR count). The van der Waals surface area contributed by atoms with E-state index in [1.807, 2.05) is 12.1 Å². The van der Waals surface area contributed by atoms with Crippen molar-refractivity contribution in [3.8, 4) is 0 Å². The summed E-state index contributed by atoms with van der Waals surface area (Å²) < 4.78 is 0. The molecule has 1 amide bonds. The Morgan fingerprint density at radius 2 is 2.29 bits per heavy atom. The summed E-state index contributed by atoms with van der Waals surface area (Å²) >= 11 is 1.77. The van der Waals surface area contributed by atoms with Crippen LogP contribution in [0.25, 0.3) is 0 Å². The number of carbonyl (C=O) groups excluding carboxylic acids is 1. The molecule has 14 heavy (non-hydrogen) atoms. The molecule has 1 heterocycles. The summed E-state index contributed by atoms with van der Waals surface area (Å²) in [5.74, 6) is 0.118. The highest BCUT2D eigenvalue weighted by Gasteiger charge is 2.18. The zero-order chi connectivity index (χ0) is 10.1. The first-order valence-corrected chi connectivity index (χ1v) is 5.60. The van der Waals surface area contributed by atoms with Gasteiger partial charge in [-0.05, 0) is 24.6 Å². The number of nitrogens with one attached hydrogen (secondary N) is 1. The summed E-state index contributed by atoms with van der Waals surface area (Å²) in [4.78, 5) is 12.6. The van der Waals surface area contributed by atoms with Gasteiger partial charge in [0.15, 0.2) is 0 Å². The van der Waals surface area contributed by atoms with Gasteiger partial charge in [-0.25, -0.2) is 0 Å². The third-order valence-corrected chi connectivity index (χ3v) is 3.37. The van der Waals surface area contributed by atoms with Crippen LogP contribution in [0.4, 0.5) is 5.69 Å². The van der Waals surface area contributed by atoms with Crippen molar-refractivity contribution < 1.29 is 4.79 Å². The fraction of sp³-hybridized carbons (Fsp3) is 0.364. The highest BCUT2D eigenvalue weighted by atomic mass is 32.2. The molecule has 0 radical (unpaired) electrons. The fourth-order valence-electron chi connectivity index (χ4n) is 1.55. The van der Waals surface area contributed by atoms with Gasteiger partial charge in [-0.15, -0.1) is 11.8 Å². The highest BCUT2D eigenvalue weighted by Crippen LogP contribution is 2.35. The Bertz CT molecular complexity index is 376. The molecule has 1 atom stereocenters. The van der Waals surface area contributed by atoms with Crippen molar-refractivity contribution in [1.29, 1.82) is 0 Å². The SMILES string of the molecule is Cc1ccc2c(c1)S[C@@H](C)CC(=O)N2. The van der Waals surface area contributed by atoms with Gasteiger partial charge < -0.3 is 5.32 Å². The molecular weight excluding hydrogens is 194 g/mol. The minimum absolute atomic E-state index is 0.118. The Labute approximate surface area is 88.1 Å². The monoisotopic (exact) mass is 207 g/mol. The summed E-state index contributed by atoms with van der Waals surface area (Å²) in [6.45, 7) is 4.15. The molecule has 0 aliphatic carbocycles. The van der Waals surface area contributed by atoms with Gasteiger partial charge in [-0.2, -0.15) is 0 Å². The van der Waals surface area contributed by atoms with Crippen LogP contribution >= 0.6 is 11.8 Å². The zero-order valence-electron chi connectivity index (χ0n) is 8.33. The van der Waals surface area contributed by atoms with Crippen molar-refractivity contribution in [2.45, 2.75) is 30.4 Å². The molecule has 0 fully saturated rings. The van der Waals surface area contributed by atoms with Crippen LogP contribution in [-0.2, 0) is 4.79 Å². The summed E-state index contributed by atoms with van der Waals surface area (Å²) in [5.41, 5.74) is 2.19. The lowest BCUT2D eigenvalue weighted by atomic mass is 10.2. The molecule has 0 saturated carbocycles. The number of rotatable bonds is 0. The minimum atomic E-state index is 0.118. The van der Waals surface area contributed by atoms with Crippen LogP contribution in [0.1, 0.15) is 18.9 Å². The van der Waals surface area contributed by atoms with E-state index in [0.717, 1.165) is 5.69 Å². The van der Waals surface area contributed by atoms with Crippen molar-refractivity contribution in [1.82, 2.24) is 0 Å². The first kappa shape index (κ1) is 9.59. The van der Waals surface area contributed by atoms with Crippen LogP contribution < -0.4 is 5.32 Å². The number of carbonyl (C=O) groups is 1. The van der Waals surface area contributed by atoms with Crippen LogP contribution in [0.5, 0.6) is 0 Å². The highest BCUT2D eigenvalue weighted by molar-refractivity contribution is 8.00.